The fraction of sp³-hybridized carbons (Fsp3) is 0.281. The van der Waals surface area contributed by atoms with Crippen molar-refractivity contribution >= 4 is 69.3 Å². The second-order valence-corrected chi connectivity index (χ2v) is 13.0. The Labute approximate surface area is 260 Å². The van der Waals surface area contributed by atoms with E-state index in [0.29, 0.717) is 21.9 Å². The second kappa shape index (κ2) is 9.30. The van der Waals surface area contributed by atoms with Crippen molar-refractivity contribution < 1.29 is 39.3 Å². The van der Waals surface area contributed by atoms with E-state index < -0.39 is 68.8 Å². The first-order valence-corrected chi connectivity index (χ1v) is 14.6. The molecule has 0 spiro atoms. The molecule has 2 saturated heterocycles. The number of anilines is 1. The molecular weight excluding hydrogens is 611 g/mol. The number of amides is 4. The van der Waals surface area contributed by atoms with Crippen LogP contribution < -0.4 is 4.90 Å². The van der Waals surface area contributed by atoms with E-state index in [0.717, 1.165) is 21.9 Å². The summed E-state index contributed by atoms with van der Waals surface area (Å²) >= 11 is 14.5. The van der Waals surface area contributed by atoms with Gasteiger partial charge in [0.15, 0.2) is 9.75 Å². The molecule has 2 heterocycles. The minimum absolute atomic E-state index is 0.00507. The van der Waals surface area contributed by atoms with Gasteiger partial charge in [0.05, 0.1) is 17.5 Å². The predicted octanol–water partition coefficient (Wildman–Crippen LogP) is 4.14. The van der Waals surface area contributed by atoms with Crippen LogP contribution in [0.4, 0.5) is 5.69 Å². The number of allylic oxidation sites excluding steroid dienone is 2. The highest BCUT2D eigenvalue weighted by Crippen LogP contribution is 2.66. The zero-order valence-corrected chi connectivity index (χ0v) is 24.5. The van der Waals surface area contributed by atoms with Gasteiger partial charge in [0, 0.05) is 24.4 Å². The van der Waals surface area contributed by atoms with Crippen molar-refractivity contribution in [2.24, 2.45) is 17.8 Å². The lowest BCUT2D eigenvalue weighted by Gasteiger charge is -2.51. The summed E-state index contributed by atoms with van der Waals surface area (Å²) in [5.41, 5.74) is 0.750. The summed E-state index contributed by atoms with van der Waals surface area (Å²) in [7, 11) is 1.31. The van der Waals surface area contributed by atoms with E-state index in [1.54, 1.807) is 36.4 Å². The maximum atomic E-state index is 14.1. The highest BCUT2D eigenvalue weighted by molar-refractivity contribution is 6.53. The average molecular weight is 635 g/mol. The van der Waals surface area contributed by atoms with Crippen LogP contribution in [0, 0.1) is 17.8 Å². The van der Waals surface area contributed by atoms with Gasteiger partial charge < -0.3 is 15.3 Å². The van der Waals surface area contributed by atoms with Crippen molar-refractivity contribution in [1.82, 2.24) is 4.90 Å². The summed E-state index contributed by atoms with van der Waals surface area (Å²) in [6, 6.07) is 13.5. The van der Waals surface area contributed by atoms with Gasteiger partial charge >= 0.3 is 5.97 Å². The number of likely N-dealkylation sites (tertiary alicyclic amines) is 1. The molecule has 2 aliphatic carbocycles. The van der Waals surface area contributed by atoms with Crippen molar-refractivity contribution in [2.75, 3.05) is 11.9 Å². The average Bonchev–Trinajstić information content (AvgIpc) is 3.32. The molecule has 6 atom stereocenters. The van der Waals surface area contributed by atoms with E-state index >= 15 is 0 Å². The maximum Gasteiger partial charge on any atom is 0.339 e. The van der Waals surface area contributed by atoms with Crippen molar-refractivity contribution in [2.45, 2.75) is 28.5 Å². The molecule has 4 amide bonds. The van der Waals surface area contributed by atoms with Crippen molar-refractivity contribution in [1.29, 1.82) is 0 Å². The minimum Gasteiger partial charge on any atom is -0.507 e. The van der Waals surface area contributed by atoms with Gasteiger partial charge in [0.25, 0.3) is 11.8 Å². The molecule has 10 nitrogen and oxygen atoms in total. The lowest BCUT2D eigenvalue weighted by Crippen LogP contribution is -2.60. The maximum absolute atomic E-state index is 14.1. The molecule has 3 aromatic carbocycles. The number of halogens is 2. The number of carboxylic acids is 1. The fourth-order valence-electron chi connectivity index (χ4n) is 7.74. The summed E-state index contributed by atoms with van der Waals surface area (Å²) in [5, 5.41) is 31.3. The number of fused-ring (bicyclic) bond motifs is 5. The summed E-state index contributed by atoms with van der Waals surface area (Å²) < 4.78 is 0. The van der Waals surface area contributed by atoms with Gasteiger partial charge in [-0.3, -0.25) is 24.1 Å². The topological polar surface area (TPSA) is 153 Å². The number of aromatic hydroxyl groups is 2. The van der Waals surface area contributed by atoms with Crippen molar-refractivity contribution in [3.8, 4) is 11.5 Å². The number of phenols is 2. The van der Waals surface area contributed by atoms with Gasteiger partial charge in [-0.2, -0.15) is 0 Å². The number of carboxylic acid groups (broad SMARTS) is 1. The largest absolute Gasteiger partial charge is 0.507 e. The zero-order chi connectivity index (χ0) is 31.5. The molecule has 4 aliphatic rings. The summed E-state index contributed by atoms with van der Waals surface area (Å²) in [4.78, 5) is 64.7. The van der Waals surface area contributed by atoms with Gasteiger partial charge in [0.1, 0.15) is 17.1 Å². The molecule has 0 radical (unpaired) electrons. The Bertz CT molecular complexity index is 1910. The summed E-state index contributed by atoms with van der Waals surface area (Å²) in [6.45, 7) is 0. The number of imide groups is 2. The number of alkyl halides is 2. The van der Waals surface area contributed by atoms with Gasteiger partial charge in [0.2, 0.25) is 11.8 Å². The molecule has 12 heteroatoms. The molecule has 3 N–H and O–H groups in total. The van der Waals surface area contributed by atoms with Gasteiger partial charge in [-0.15, -0.1) is 23.2 Å². The highest BCUT2D eigenvalue weighted by Gasteiger charge is 2.76. The molecule has 7 rings (SSSR count). The van der Waals surface area contributed by atoms with Crippen LogP contribution in [0.1, 0.15) is 34.7 Å². The smallest absolute Gasteiger partial charge is 0.339 e. The summed E-state index contributed by atoms with van der Waals surface area (Å²) in [5.74, 6) is -8.08. The van der Waals surface area contributed by atoms with Crippen molar-refractivity contribution in [3.05, 3.63) is 77.4 Å². The molecule has 0 aromatic heterocycles. The Morgan fingerprint density at radius 3 is 2.27 bits per heavy atom. The van der Waals surface area contributed by atoms with E-state index in [1.807, 2.05) is 0 Å². The molecule has 0 bridgehead atoms. The number of carbonyl (C=O) groups excluding carboxylic acids is 4. The first-order valence-electron chi connectivity index (χ1n) is 13.9. The molecule has 3 aromatic rings. The molecule has 2 aliphatic heterocycles. The van der Waals surface area contributed by atoms with Gasteiger partial charge in [-0.05, 0) is 47.9 Å². The van der Waals surface area contributed by atoms with Crippen molar-refractivity contribution in [3.63, 3.8) is 0 Å². The van der Waals surface area contributed by atoms with E-state index in [9.17, 15) is 39.3 Å². The minimum atomic E-state index is -1.97. The third-order valence-electron chi connectivity index (χ3n) is 9.73. The standard InChI is InChI=1S/C32H24Cl2N2O8/c1-35-29(43)31(33)13-21-18(25(32(31,34)30(35)44)17-10-11-22(37)16-5-3-2-4-15(16)17)8-9-20-24(21)27(40)36(26(20)39)14-6-7-19(28(41)42)23(38)12-14/h2-8,10-12,20-21,24-25,37-38H,9,13H2,1H3,(H,41,42). The Morgan fingerprint density at radius 1 is 0.886 bits per heavy atom. The summed E-state index contributed by atoms with van der Waals surface area (Å²) in [6.07, 6.45) is 1.74. The Balaban J connectivity index is 1.40. The number of aromatic carboxylic acids is 1. The number of phenolic OH excluding ortho intramolecular Hbond substituents is 1. The first-order chi connectivity index (χ1) is 20.8. The number of hydrogen-bond donors (Lipinski definition) is 3. The van der Waals surface area contributed by atoms with Gasteiger partial charge in [-0.1, -0.05) is 42.0 Å². The zero-order valence-electron chi connectivity index (χ0n) is 23.0. The van der Waals surface area contributed by atoms with Crippen LogP contribution >= 0.6 is 23.2 Å². The lowest BCUT2D eigenvalue weighted by atomic mass is 9.56. The lowest BCUT2D eigenvalue weighted by molar-refractivity contribution is -0.138. The Morgan fingerprint density at radius 2 is 1.59 bits per heavy atom. The molecule has 44 heavy (non-hydrogen) atoms. The molecule has 3 fully saturated rings. The normalized spacial score (nSPS) is 31.2. The van der Waals surface area contributed by atoms with E-state index in [-0.39, 0.29) is 29.8 Å². The third kappa shape index (κ3) is 3.40. The second-order valence-electron chi connectivity index (χ2n) is 11.7. The van der Waals surface area contributed by atoms with E-state index in [1.165, 1.54) is 19.2 Å². The van der Waals surface area contributed by atoms with Crippen LogP contribution in [0.2, 0.25) is 0 Å². The fourth-order valence-corrected chi connectivity index (χ4v) is 8.75. The number of rotatable bonds is 3. The number of hydrogen-bond acceptors (Lipinski definition) is 7. The van der Waals surface area contributed by atoms with Crippen LogP contribution in [-0.2, 0) is 19.2 Å². The van der Waals surface area contributed by atoms with Crippen LogP contribution in [0.3, 0.4) is 0 Å². The molecule has 1 saturated carbocycles. The van der Waals surface area contributed by atoms with Crippen LogP contribution in [0.25, 0.3) is 10.8 Å². The quantitative estimate of drug-likeness (QED) is 0.221. The molecule has 6 unspecified atom stereocenters. The van der Waals surface area contributed by atoms with Crippen LogP contribution in [-0.4, -0.2) is 66.6 Å². The van der Waals surface area contributed by atoms with Crippen LogP contribution in [0.5, 0.6) is 11.5 Å². The molecule has 224 valence electrons. The number of benzene rings is 3. The highest BCUT2D eigenvalue weighted by atomic mass is 35.5. The molecular formula is C32H24Cl2N2O8. The van der Waals surface area contributed by atoms with Gasteiger partial charge in [-0.25, -0.2) is 9.69 Å². The van der Waals surface area contributed by atoms with Crippen LogP contribution in [0.15, 0.2) is 66.2 Å². The number of carbonyl (C=O) groups is 5. The Kier molecular flexibility index (Phi) is 5.99. The number of nitrogens with zero attached hydrogens (tertiary/aromatic N) is 2. The van der Waals surface area contributed by atoms with E-state index in [2.05, 4.69) is 0 Å². The predicted molar refractivity (Wildman–Crippen MR) is 159 cm³/mol. The first kappa shape index (κ1) is 28.4. The Hall–Kier alpha value is -4.41. The SMILES string of the molecule is CN1C(=O)C2(Cl)CC3C(=CCC4C(=O)N(c5ccc(C(=O)O)c(O)c5)C(=O)C43)C(c3ccc(O)c4ccccc34)C2(Cl)C1=O. The monoisotopic (exact) mass is 634 g/mol. The van der Waals surface area contributed by atoms with E-state index in [4.69, 9.17) is 23.2 Å². The third-order valence-corrected chi connectivity index (χ3v) is 11.1.